The Bertz CT molecular complexity index is 509. The van der Waals surface area contributed by atoms with Crippen molar-refractivity contribution in [3.8, 4) is 0 Å². The van der Waals surface area contributed by atoms with E-state index in [9.17, 15) is 9.66 Å². The highest BCUT2D eigenvalue weighted by Crippen LogP contribution is 2.11. The van der Waals surface area contributed by atoms with Crippen LogP contribution in [0.2, 0.25) is 5.02 Å². The molecule has 0 spiro atoms. The fraction of sp³-hybridized carbons (Fsp3) is 0.333. The number of aromatic amines is 1. The van der Waals surface area contributed by atoms with E-state index in [1.54, 1.807) is 12.1 Å². The number of aliphatic hydroxyl groups excluding tert-OH is 1. The normalized spacial score (nSPS) is 14.2. The first kappa shape index (κ1) is 15.3. The molecule has 2 N–H and O–H groups in total. The molecule has 0 radical (unpaired) electrons. The number of aliphatic hydroxyl groups is 1. The maximum absolute atomic E-state index is 11.7. The lowest BCUT2D eigenvalue weighted by atomic mass is 10.2. The molecule has 1 aromatic heterocycles. The maximum Gasteiger partial charge on any atom is 0.338 e. The lowest BCUT2D eigenvalue weighted by molar-refractivity contribution is 0.0390. The molecule has 2 atom stereocenters. The largest absolute Gasteiger partial charge is 0.609 e. The summed E-state index contributed by atoms with van der Waals surface area (Å²) in [5.41, 5.74) is 0.956. The van der Waals surface area contributed by atoms with E-state index in [1.807, 2.05) is 12.1 Å². The highest BCUT2D eigenvalue weighted by Gasteiger charge is 2.19. The van der Waals surface area contributed by atoms with Gasteiger partial charge in [0.25, 0.3) is 0 Å². The van der Waals surface area contributed by atoms with Crippen LogP contribution in [0.3, 0.4) is 0 Å². The molecule has 108 valence electrons. The van der Waals surface area contributed by atoms with Crippen LogP contribution < -0.4 is 0 Å². The van der Waals surface area contributed by atoms with Gasteiger partial charge in [0.15, 0.2) is 0 Å². The summed E-state index contributed by atoms with van der Waals surface area (Å²) in [5.74, 6) is 0.0514. The molecule has 0 fully saturated rings. The maximum atomic E-state index is 11.7. The Hall–Kier alpha value is -1.12. The summed E-state index contributed by atoms with van der Waals surface area (Å²) < 4.78 is 17.1. The van der Waals surface area contributed by atoms with Crippen LogP contribution >= 0.6 is 11.6 Å². The third-order valence-corrected chi connectivity index (χ3v) is 4.01. The average Bonchev–Trinajstić information content (AvgIpc) is 2.95. The van der Waals surface area contributed by atoms with E-state index < -0.39 is 17.3 Å². The van der Waals surface area contributed by atoms with Gasteiger partial charge in [0.2, 0.25) is 0 Å². The van der Waals surface area contributed by atoms with Crippen molar-refractivity contribution in [2.75, 3.05) is 12.4 Å². The number of aromatic nitrogens is 3. The van der Waals surface area contributed by atoms with Crippen molar-refractivity contribution in [1.29, 1.82) is 0 Å². The Kier molecular flexibility index (Phi) is 5.81. The van der Waals surface area contributed by atoms with Gasteiger partial charge in [-0.2, -0.15) is 10.1 Å². The Morgan fingerprint density at radius 3 is 2.80 bits per heavy atom. The average molecular weight is 316 g/mol. The summed E-state index contributed by atoms with van der Waals surface area (Å²) in [6.45, 7) is 0.464. The van der Waals surface area contributed by atoms with E-state index in [2.05, 4.69) is 15.2 Å². The molecule has 0 bridgehead atoms. The van der Waals surface area contributed by atoms with Gasteiger partial charge in [-0.25, -0.2) is 5.10 Å². The molecule has 0 aliphatic rings. The Balaban J connectivity index is 1.70. The van der Waals surface area contributed by atoms with Crippen molar-refractivity contribution in [3.05, 3.63) is 41.2 Å². The molecule has 6 nitrogen and oxygen atoms in total. The van der Waals surface area contributed by atoms with E-state index >= 15 is 0 Å². The molecule has 1 unspecified atom stereocenters. The van der Waals surface area contributed by atoms with Crippen molar-refractivity contribution < 1.29 is 14.4 Å². The first-order valence-corrected chi connectivity index (χ1v) is 7.59. The summed E-state index contributed by atoms with van der Waals surface area (Å²) in [4.78, 5) is 3.77. The van der Waals surface area contributed by atoms with Crippen LogP contribution in [0.15, 0.2) is 35.7 Å². The molecule has 0 saturated carbocycles. The van der Waals surface area contributed by atoms with Crippen LogP contribution in [-0.2, 0) is 22.5 Å². The number of nitrogens with one attached hydrogen (secondary N) is 1. The summed E-state index contributed by atoms with van der Waals surface area (Å²) in [5, 5.41) is 16.8. The highest BCUT2D eigenvalue weighted by atomic mass is 35.5. The molecular weight excluding hydrogens is 302 g/mol. The van der Waals surface area contributed by atoms with Crippen LogP contribution in [0.4, 0.5) is 0 Å². The lowest BCUT2D eigenvalue weighted by Gasteiger charge is -2.12. The van der Waals surface area contributed by atoms with Gasteiger partial charge in [-0.3, -0.25) is 0 Å². The predicted octanol–water partition coefficient (Wildman–Crippen LogP) is 1.14. The Labute approximate surface area is 124 Å². The van der Waals surface area contributed by atoms with Gasteiger partial charge in [0, 0.05) is 16.2 Å². The van der Waals surface area contributed by atoms with E-state index in [1.165, 1.54) is 6.33 Å². The number of halogens is 1. The number of hydrogen-bond acceptors (Lipinski definition) is 5. The van der Waals surface area contributed by atoms with Crippen LogP contribution in [-0.4, -0.2) is 43.3 Å². The van der Waals surface area contributed by atoms with Gasteiger partial charge in [-0.1, -0.05) is 23.7 Å². The predicted molar refractivity (Wildman–Crippen MR) is 74.8 cm³/mol. The zero-order valence-electron chi connectivity index (χ0n) is 10.5. The minimum atomic E-state index is -1.41. The van der Waals surface area contributed by atoms with E-state index in [-0.39, 0.29) is 17.5 Å². The number of H-pyrrole nitrogens is 1. The Morgan fingerprint density at radius 1 is 1.40 bits per heavy atom. The van der Waals surface area contributed by atoms with Crippen LogP contribution in [0.25, 0.3) is 0 Å². The second kappa shape index (κ2) is 7.61. The van der Waals surface area contributed by atoms with Gasteiger partial charge in [0.1, 0.15) is 18.2 Å². The number of hydrogen-bond donors (Lipinski definition) is 2. The fourth-order valence-corrected chi connectivity index (χ4v) is 2.55. The highest BCUT2D eigenvalue weighted by molar-refractivity contribution is 7.91. The third kappa shape index (κ3) is 4.77. The van der Waals surface area contributed by atoms with Crippen LogP contribution in [0.5, 0.6) is 0 Å². The minimum absolute atomic E-state index is 0.0514. The van der Waals surface area contributed by atoms with Gasteiger partial charge in [0.05, 0.1) is 13.2 Å². The molecule has 0 saturated heterocycles. The summed E-state index contributed by atoms with van der Waals surface area (Å²) in [7, 11) is 0. The monoisotopic (exact) mass is 315 g/mol. The first-order valence-electron chi connectivity index (χ1n) is 5.89. The summed E-state index contributed by atoms with van der Waals surface area (Å²) in [6, 6.07) is 7.24. The minimum Gasteiger partial charge on any atom is -0.609 e. The van der Waals surface area contributed by atoms with E-state index in [0.717, 1.165) is 5.56 Å². The van der Waals surface area contributed by atoms with Crippen molar-refractivity contribution in [1.82, 2.24) is 15.2 Å². The summed E-state index contributed by atoms with van der Waals surface area (Å²) >= 11 is 4.36. The zero-order chi connectivity index (χ0) is 14.4. The van der Waals surface area contributed by atoms with Gasteiger partial charge in [-0.15, -0.1) is 0 Å². The van der Waals surface area contributed by atoms with Crippen molar-refractivity contribution >= 4 is 22.8 Å². The van der Waals surface area contributed by atoms with Crippen molar-refractivity contribution in [2.45, 2.75) is 17.9 Å². The molecule has 1 aromatic carbocycles. The Morgan fingerprint density at radius 2 is 2.15 bits per heavy atom. The van der Waals surface area contributed by atoms with Gasteiger partial charge >= 0.3 is 5.16 Å². The summed E-state index contributed by atoms with van der Waals surface area (Å²) in [6.07, 6.45) is 0.449. The third-order valence-electron chi connectivity index (χ3n) is 2.44. The molecule has 1 heterocycles. The molecule has 20 heavy (non-hydrogen) atoms. The number of benzene rings is 1. The standard InChI is InChI=1S/C12H14ClN3O3S/c13-10-3-1-9(2-4-10)5-19-6-11(17)7-20(18)12-14-8-15-16-12/h1-4,8,11,17H,5-7H2,(H,14,15,16)/t11-,20?/m1/s1. The van der Waals surface area contributed by atoms with Crippen LogP contribution in [0.1, 0.15) is 5.56 Å². The molecule has 2 aromatic rings. The quantitative estimate of drug-likeness (QED) is 0.747. The zero-order valence-corrected chi connectivity index (χ0v) is 12.1. The second-order valence-corrected chi connectivity index (χ2v) is 5.95. The topological polar surface area (TPSA) is 94.1 Å². The van der Waals surface area contributed by atoms with Crippen molar-refractivity contribution in [3.63, 3.8) is 0 Å². The number of nitrogens with zero attached hydrogens (tertiary/aromatic N) is 2. The molecule has 8 heteroatoms. The number of ether oxygens (including phenoxy) is 1. The SMILES string of the molecule is [O-][S+](C[C@H](O)COCc1ccc(Cl)cc1)c1ncn[nH]1. The fourth-order valence-electron chi connectivity index (χ4n) is 1.50. The molecule has 0 amide bonds. The molecule has 0 aliphatic carbocycles. The second-order valence-electron chi connectivity index (χ2n) is 4.10. The van der Waals surface area contributed by atoms with Crippen LogP contribution in [0, 0.1) is 0 Å². The first-order chi connectivity index (χ1) is 9.65. The molecular formula is C12H14ClN3O3S. The van der Waals surface area contributed by atoms with Crippen molar-refractivity contribution in [2.24, 2.45) is 0 Å². The molecule has 2 rings (SSSR count). The lowest BCUT2D eigenvalue weighted by Crippen LogP contribution is -2.26. The van der Waals surface area contributed by atoms with Gasteiger partial charge in [-0.05, 0) is 17.7 Å². The van der Waals surface area contributed by atoms with E-state index in [4.69, 9.17) is 16.3 Å². The molecule has 0 aliphatic heterocycles. The smallest absolute Gasteiger partial charge is 0.338 e. The van der Waals surface area contributed by atoms with Gasteiger partial charge < -0.3 is 14.4 Å². The number of rotatable bonds is 7. The van der Waals surface area contributed by atoms with E-state index in [0.29, 0.717) is 11.6 Å².